The second-order valence-electron chi connectivity index (χ2n) is 5.48. The van der Waals surface area contributed by atoms with Gasteiger partial charge >= 0.3 is 0 Å². The number of aryl methyl sites for hydroxylation is 3. The summed E-state index contributed by atoms with van der Waals surface area (Å²) in [5.41, 5.74) is 3.70. The number of amides is 1. The van der Waals surface area contributed by atoms with Crippen molar-refractivity contribution in [3.05, 3.63) is 62.9 Å². The number of benzene rings is 2. The molecular weight excluding hydrogens is 328 g/mol. The number of carbonyl (C=O) groups excluding carboxylic acids is 1. The van der Waals surface area contributed by atoms with Crippen LogP contribution in [0, 0.1) is 13.8 Å². The third-order valence-electron chi connectivity index (χ3n) is 3.78. The molecule has 0 atom stereocenters. The fourth-order valence-electron chi connectivity index (χ4n) is 2.55. The van der Waals surface area contributed by atoms with E-state index in [1.165, 1.54) is 11.3 Å². The molecule has 2 aromatic carbocycles. The highest BCUT2D eigenvalue weighted by Crippen LogP contribution is 2.22. The SMILES string of the molecule is CCn1c(=NC(=O)c2cc(C)ccc2C)sc2cc(Cl)ccc21. The Labute approximate surface area is 143 Å². The monoisotopic (exact) mass is 344 g/mol. The lowest BCUT2D eigenvalue weighted by Crippen LogP contribution is -2.16. The molecule has 0 unspecified atom stereocenters. The average Bonchev–Trinajstić information content (AvgIpc) is 2.85. The van der Waals surface area contributed by atoms with Crippen molar-refractivity contribution in [1.29, 1.82) is 0 Å². The number of carbonyl (C=O) groups is 1. The quantitative estimate of drug-likeness (QED) is 0.661. The Hall–Kier alpha value is -1.91. The van der Waals surface area contributed by atoms with E-state index in [1.807, 2.05) is 61.7 Å². The van der Waals surface area contributed by atoms with E-state index in [9.17, 15) is 4.79 Å². The largest absolute Gasteiger partial charge is 0.317 e. The molecule has 0 spiro atoms. The summed E-state index contributed by atoms with van der Waals surface area (Å²) in [6.07, 6.45) is 0. The van der Waals surface area contributed by atoms with Crippen LogP contribution in [0.1, 0.15) is 28.4 Å². The summed E-state index contributed by atoms with van der Waals surface area (Å²) < 4.78 is 3.08. The number of thiazole rings is 1. The van der Waals surface area contributed by atoms with Crippen LogP contribution in [0.15, 0.2) is 41.4 Å². The molecule has 0 bridgehead atoms. The minimum absolute atomic E-state index is 0.203. The summed E-state index contributed by atoms with van der Waals surface area (Å²) in [7, 11) is 0. The van der Waals surface area contributed by atoms with Crippen LogP contribution in [0.3, 0.4) is 0 Å². The van der Waals surface area contributed by atoms with Gasteiger partial charge in [-0.3, -0.25) is 4.79 Å². The van der Waals surface area contributed by atoms with E-state index in [-0.39, 0.29) is 5.91 Å². The number of hydrogen-bond acceptors (Lipinski definition) is 2. The van der Waals surface area contributed by atoms with Crippen molar-refractivity contribution in [1.82, 2.24) is 4.57 Å². The lowest BCUT2D eigenvalue weighted by molar-refractivity contribution is 0.0997. The number of fused-ring (bicyclic) bond motifs is 1. The summed E-state index contributed by atoms with van der Waals surface area (Å²) >= 11 is 7.55. The van der Waals surface area contributed by atoms with E-state index in [0.29, 0.717) is 15.4 Å². The van der Waals surface area contributed by atoms with E-state index in [0.717, 1.165) is 27.9 Å². The number of hydrogen-bond donors (Lipinski definition) is 0. The lowest BCUT2D eigenvalue weighted by atomic mass is 10.1. The molecule has 5 heteroatoms. The molecule has 23 heavy (non-hydrogen) atoms. The molecule has 0 fully saturated rings. The lowest BCUT2D eigenvalue weighted by Gasteiger charge is -2.03. The first kappa shape index (κ1) is 16.0. The second kappa shape index (κ2) is 6.30. The van der Waals surface area contributed by atoms with Crippen LogP contribution < -0.4 is 4.80 Å². The Morgan fingerprint density at radius 2 is 2.00 bits per heavy atom. The van der Waals surface area contributed by atoms with Gasteiger partial charge in [-0.1, -0.05) is 40.6 Å². The van der Waals surface area contributed by atoms with Gasteiger partial charge in [-0.2, -0.15) is 4.99 Å². The van der Waals surface area contributed by atoms with Crippen LogP contribution in [-0.2, 0) is 6.54 Å². The number of nitrogens with zero attached hydrogens (tertiary/aromatic N) is 2. The van der Waals surface area contributed by atoms with Gasteiger partial charge in [0.2, 0.25) is 0 Å². The zero-order chi connectivity index (χ0) is 16.6. The number of halogens is 1. The van der Waals surface area contributed by atoms with Crippen LogP contribution in [0.5, 0.6) is 0 Å². The smallest absolute Gasteiger partial charge is 0.279 e. The molecular formula is C18H17ClN2OS. The molecule has 3 nitrogen and oxygen atoms in total. The van der Waals surface area contributed by atoms with Crippen LogP contribution >= 0.6 is 22.9 Å². The molecule has 1 heterocycles. The first-order chi connectivity index (χ1) is 11.0. The molecule has 0 saturated carbocycles. The van der Waals surface area contributed by atoms with Crippen LogP contribution in [0.2, 0.25) is 5.02 Å². The van der Waals surface area contributed by atoms with Crippen molar-refractivity contribution in [3.63, 3.8) is 0 Å². The van der Waals surface area contributed by atoms with Gasteiger partial charge in [-0.15, -0.1) is 0 Å². The minimum atomic E-state index is -0.203. The van der Waals surface area contributed by atoms with Gasteiger partial charge in [0.25, 0.3) is 5.91 Å². The fraction of sp³-hybridized carbons (Fsp3) is 0.222. The van der Waals surface area contributed by atoms with Gasteiger partial charge in [0.05, 0.1) is 10.2 Å². The normalized spacial score (nSPS) is 12.1. The van der Waals surface area contributed by atoms with Gasteiger partial charge in [-0.05, 0) is 50.6 Å². The molecule has 0 aliphatic rings. The number of rotatable bonds is 2. The van der Waals surface area contributed by atoms with E-state index < -0.39 is 0 Å². The van der Waals surface area contributed by atoms with Gasteiger partial charge in [0, 0.05) is 17.1 Å². The van der Waals surface area contributed by atoms with Gasteiger partial charge in [0.15, 0.2) is 4.80 Å². The predicted octanol–water partition coefficient (Wildman–Crippen LogP) is 4.73. The Kier molecular flexibility index (Phi) is 4.37. The predicted molar refractivity (Wildman–Crippen MR) is 96.3 cm³/mol. The summed E-state index contributed by atoms with van der Waals surface area (Å²) in [4.78, 5) is 17.7. The second-order valence-corrected chi connectivity index (χ2v) is 6.92. The van der Waals surface area contributed by atoms with Gasteiger partial charge in [-0.25, -0.2) is 0 Å². The van der Waals surface area contributed by atoms with Crippen LogP contribution in [0.4, 0.5) is 0 Å². The van der Waals surface area contributed by atoms with Crippen molar-refractivity contribution in [2.24, 2.45) is 4.99 Å². The summed E-state index contributed by atoms with van der Waals surface area (Å²) in [5, 5.41) is 0.689. The van der Waals surface area contributed by atoms with E-state index >= 15 is 0 Å². The van der Waals surface area contributed by atoms with Crippen LogP contribution in [0.25, 0.3) is 10.2 Å². The van der Waals surface area contributed by atoms with Gasteiger partial charge < -0.3 is 4.57 Å². The molecule has 0 aliphatic heterocycles. The first-order valence-electron chi connectivity index (χ1n) is 7.45. The molecule has 1 aromatic heterocycles. The third kappa shape index (κ3) is 3.09. The van der Waals surface area contributed by atoms with Crippen molar-refractivity contribution in [2.75, 3.05) is 0 Å². The van der Waals surface area contributed by atoms with Crippen LogP contribution in [-0.4, -0.2) is 10.5 Å². The van der Waals surface area contributed by atoms with E-state index in [1.54, 1.807) is 0 Å². The highest BCUT2D eigenvalue weighted by molar-refractivity contribution is 7.16. The van der Waals surface area contributed by atoms with Crippen molar-refractivity contribution in [3.8, 4) is 0 Å². The maximum atomic E-state index is 12.6. The molecule has 0 aliphatic carbocycles. The third-order valence-corrected chi connectivity index (χ3v) is 5.06. The molecule has 0 saturated heterocycles. The average molecular weight is 345 g/mol. The summed E-state index contributed by atoms with van der Waals surface area (Å²) in [6.45, 7) is 6.70. The topological polar surface area (TPSA) is 34.4 Å². The highest BCUT2D eigenvalue weighted by Gasteiger charge is 2.11. The van der Waals surface area contributed by atoms with Gasteiger partial charge in [0.1, 0.15) is 0 Å². The maximum Gasteiger partial charge on any atom is 0.279 e. The zero-order valence-corrected chi connectivity index (χ0v) is 14.8. The molecule has 0 radical (unpaired) electrons. The summed E-state index contributed by atoms with van der Waals surface area (Å²) in [5.74, 6) is -0.203. The molecule has 0 N–H and O–H groups in total. The van der Waals surface area contributed by atoms with Crippen molar-refractivity contribution < 1.29 is 4.79 Å². The Morgan fingerprint density at radius 3 is 2.74 bits per heavy atom. The van der Waals surface area contributed by atoms with Crippen molar-refractivity contribution in [2.45, 2.75) is 27.3 Å². The first-order valence-corrected chi connectivity index (χ1v) is 8.64. The number of aromatic nitrogens is 1. The standard InChI is InChI=1S/C18H17ClN2OS/c1-4-21-15-8-7-13(19)10-16(15)23-18(21)20-17(22)14-9-11(2)5-6-12(14)3/h5-10H,4H2,1-3H3. The molecule has 3 aromatic rings. The highest BCUT2D eigenvalue weighted by atomic mass is 35.5. The minimum Gasteiger partial charge on any atom is -0.317 e. The van der Waals surface area contributed by atoms with Crippen molar-refractivity contribution >= 4 is 39.1 Å². The molecule has 3 rings (SSSR count). The maximum absolute atomic E-state index is 12.6. The summed E-state index contributed by atoms with van der Waals surface area (Å²) in [6, 6.07) is 11.6. The fourth-order valence-corrected chi connectivity index (χ4v) is 3.92. The Balaban J connectivity index is 2.17. The Bertz CT molecular complexity index is 969. The molecule has 1 amide bonds. The molecule has 118 valence electrons. The van der Waals surface area contributed by atoms with E-state index in [4.69, 9.17) is 11.6 Å². The Morgan fingerprint density at radius 1 is 1.22 bits per heavy atom. The zero-order valence-electron chi connectivity index (χ0n) is 13.3. The van der Waals surface area contributed by atoms with E-state index in [2.05, 4.69) is 4.99 Å².